The van der Waals surface area contributed by atoms with E-state index >= 15 is 0 Å². The fourth-order valence-corrected chi connectivity index (χ4v) is 1.58. The minimum Gasteiger partial charge on any atom is -0.488 e. The van der Waals surface area contributed by atoms with Crippen molar-refractivity contribution in [2.24, 2.45) is 5.92 Å². The molecule has 1 rings (SSSR count). The summed E-state index contributed by atoms with van der Waals surface area (Å²) in [6.07, 6.45) is 1.76. The number of halogens is 1. The second-order valence-electron chi connectivity index (χ2n) is 4.59. The highest BCUT2D eigenvalue weighted by molar-refractivity contribution is 6.25. The molecular weight excluding hydrogens is 248 g/mol. The highest BCUT2D eigenvalue weighted by atomic mass is 35.5. The van der Waals surface area contributed by atoms with Crippen LogP contribution in [-0.2, 0) is 6.54 Å². The molecule has 0 unspecified atom stereocenters. The first kappa shape index (κ1) is 15.0. The molecular formula is C14H21ClN2O. The number of pyridine rings is 1. The van der Waals surface area contributed by atoms with Gasteiger partial charge in [-0.05, 0) is 37.6 Å². The van der Waals surface area contributed by atoms with Gasteiger partial charge in [-0.25, -0.2) is 0 Å². The molecule has 0 atom stereocenters. The molecule has 0 aliphatic carbocycles. The lowest BCUT2D eigenvalue weighted by molar-refractivity contribution is 0.354. The molecule has 3 nitrogen and oxygen atoms in total. The van der Waals surface area contributed by atoms with Crippen LogP contribution in [0.3, 0.4) is 0 Å². The molecule has 18 heavy (non-hydrogen) atoms. The number of aryl methyl sites for hydroxylation is 1. The maximum atomic E-state index is 5.62. The lowest BCUT2D eigenvalue weighted by Gasteiger charge is -2.12. The molecule has 0 saturated carbocycles. The summed E-state index contributed by atoms with van der Waals surface area (Å²) in [6.45, 7) is 8.49. The first-order chi connectivity index (χ1) is 8.63. The van der Waals surface area contributed by atoms with Gasteiger partial charge in [0.2, 0.25) is 0 Å². The summed E-state index contributed by atoms with van der Waals surface area (Å²) >= 11 is 5.46. The van der Waals surface area contributed by atoms with Gasteiger partial charge in [0.25, 0.3) is 0 Å². The Bertz CT molecular complexity index is 391. The van der Waals surface area contributed by atoms with Gasteiger partial charge in [0, 0.05) is 17.8 Å². The van der Waals surface area contributed by atoms with Gasteiger partial charge < -0.3 is 10.1 Å². The molecule has 4 heteroatoms. The molecule has 0 saturated heterocycles. The van der Waals surface area contributed by atoms with E-state index in [1.807, 2.05) is 19.1 Å². The van der Waals surface area contributed by atoms with Crippen LogP contribution in [0.5, 0.6) is 5.75 Å². The highest BCUT2D eigenvalue weighted by Gasteiger charge is 2.05. The third-order valence-electron chi connectivity index (χ3n) is 2.34. The standard InChI is InChI=1S/C14H21ClN2O/c1-11(2)9-16-10-13-14(18-8-4-7-15)6-5-12(3)17-13/h4-7,11,16H,8-10H2,1-3H3. The Morgan fingerprint density at radius 1 is 1.44 bits per heavy atom. The lowest BCUT2D eigenvalue weighted by atomic mass is 10.2. The van der Waals surface area contributed by atoms with Gasteiger partial charge in [0.1, 0.15) is 12.4 Å². The number of hydrogen-bond donors (Lipinski definition) is 1. The highest BCUT2D eigenvalue weighted by Crippen LogP contribution is 2.17. The van der Waals surface area contributed by atoms with Crippen LogP contribution in [0.25, 0.3) is 0 Å². The van der Waals surface area contributed by atoms with E-state index in [2.05, 4.69) is 24.1 Å². The molecule has 1 aromatic heterocycles. The molecule has 0 aromatic carbocycles. The van der Waals surface area contributed by atoms with E-state index in [0.717, 1.165) is 30.2 Å². The largest absolute Gasteiger partial charge is 0.488 e. The van der Waals surface area contributed by atoms with E-state index in [9.17, 15) is 0 Å². The van der Waals surface area contributed by atoms with E-state index in [4.69, 9.17) is 16.3 Å². The summed E-state index contributed by atoms with van der Waals surface area (Å²) in [5.41, 5.74) is 3.40. The zero-order valence-electron chi connectivity index (χ0n) is 11.2. The van der Waals surface area contributed by atoms with Crippen molar-refractivity contribution in [2.45, 2.75) is 27.3 Å². The average molecular weight is 269 g/mol. The quantitative estimate of drug-likeness (QED) is 0.824. The van der Waals surface area contributed by atoms with Crippen molar-refractivity contribution >= 4 is 11.6 Å². The fourth-order valence-electron chi connectivity index (χ4n) is 1.51. The van der Waals surface area contributed by atoms with Crippen molar-refractivity contribution in [3.8, 4) is 5.75 Å². The summed E-state index contributed by atoms with van der Waals surface area (Å²) in [5, 5.41) is 3.37. The first-order valence-corrected chi connectivity index (χ1v) is 6.62. The topological polar surface area (TPSA) is 34.1 Å². The molecule has 0 aliphatic heterocycles. The molecule has 0 amide bonds. The van der Waals surface area contributed by atoms with Gasteiger partial charge in [0.15, 0.2) is 0 Å². The Hall–Kier alpha value is -1.06. The number of ether oxygens (including phenoxy) is 1. The van der Waals surface area contributed by atoms with Crippen molar-refractivity contribution in [1.82, 2.24) is 10.3 Å². The average Bonchev–Trinajstić information content (AvgIpc) is 2.31. The number of aromatic nitrogens is 1. The van der Waals surface area contributed by atoms with Crippen LogP contribution < -0.4 is 10.1 Å². The predicted molar refractivity (Wildman–Crippen MR) is 76.0 cm³/mol. The normalized spacial score (nSPS) is 11.4. The van der Waals surface area contributed by atoms with E-state index in [-0.39, 0.29) is 0 Å². The Kier molecular flexibility index (Phi) is 6.76. The van der Waals surface area contributed by atoms with Gasteiger partial charge in [-0.3, -0.25) is 4.98 Å². The third-order valence-corrected chi connectivity index (χ3v) is 2.52. The Labute approximate surface area is 114 Å². The first-order valence-electron chi connectivity index (χ1n) is 6.18. The van der Waals surface area contributed by atoms with Gasteiger partial charge in [0.05, 0.1) is 5.69 Å². The van der Waals surface area contributed by atoms with Crippen LogP contribution >= 0.6 is 11.6 Å². The summed E-state index contributed by atoms with van der Waals surface area (Å²) in [6, 6.07) is 3.91. The predicted octanol–water partition coefficient (Wildman–Crippen LogP) is 3.27. The van der Waals surface area contributed by atoms with Crippen LogP contribution in [0.1, 0.15) is 25.2 Å². The second kappa shape index (κ2) is 8.11. The molecule has 1 N–H and O–H groups in total. The molecule has 1 aromatic rings. The minimum absolute atomic E-state index is 0.464. The minimum atomic E-state index is 0.464. The van der Waals surface area contributed by atoms with Gasteiger partial charge in [-0.1, -0.05) is 25.4 Å². The Balaban J connectivity index is 2.64. The summed E-state index contributed by atoms with van der Waals surface area (Å²) < 4.78 is 5.62. The SMILES string of the molecule is Cc1ccc(OCC=CCl)c(CNCC(C)C)n1. The zero-order chi connectivity index (χ0) is 13.4. The summed E-state index contributed by atoms with van der Waals surface area (Å²) in [7, 11) is 0. The Morgan fingerprint density at radius 2 is 2.22 bits per heavy atom. The zero-order valence-corrected chi connectivity index (χ0v) is 12.0. The molecule has 0 radical (unpaired) electrons. The van der Waals surface area contributed by atoms with Crippen molar-refractivity contribution in [1.29, 1.82) is 0 Å². The van der Waals surface area contributed by atoms with Crippen LogP contribution in [0.2, 0.25) is 0 Å². The summed E-state index contributed by atoms with van der Waals surface area (Å²) in [5.74, 6) is 1.44. The van der Waals surface area contributed by atoms with E-state index in [1.54, 1.807) is 6.08 Å². The van der Waals surface area contributed by atoms with Gasteiger partial charge in [-0.15, -0.1) is 0 Å². The smallest absolute Gasteiger partial charge is 0.142 e. The van der Waals surface area contributed by atoms with E-state index in [0.29, 0.717) is 12.5 Å². The van der Waals surface area contributed by atoms with Gasteiger partial charge >= 0.3 is 0 Å². The van der Waals surface area contributed by atoms with Crippen LogP contribution in [0, 0.1) is 12.8 Å². The van der Waals surface area contributed by atoms with Crippen molar-refractivity contribution in [3.05, 3.63) is 35.1 Å². The van der Waals surface area contributed by atoms with E-state index < -0.39 is 0 Å². The number of rotatable bonds is 7. The molecule has 0 aliphatic rings. The van der Waals surface area contributed by atoms with Crippen molar-refractivity contribution in [2.75, 3.05) is 13.2 Å². The number of nitrogens with zero attached hydrogens (tertiary/aromatic N) is 1. The van der Waals surface area contributed by atoms with Crippen LogP contribution in [0.4, 0.5) is 0 Å². The van der Waals surface area contributed by atoms with Crippen LogP contribution in [0.15, 0.2) is 23.7 Å². The second-order valence-corrected chi connectivity index (χ2v) is 4.85. The summed E-state index contributed by atoms with van der Waals surface area (Å²) in [4.78, 5) is 4.50. The van der Waals surface area contributed by atoms with Crippen LogP contribution in [-0.4, -0.2) is 18.1 Å². The lowest BCUT2D eigenvalue weighted by Crippen LogP contribution is -2.20. The van der Waals surface area contributed by atoms with Crippen molar-refractivity contribution in [3.63, 3.8) is 0 Å². The maximum absolute atomic E-state index is 5.62. The molecule has 0 spiro atoms. The fraction of sp³-hybridized carbons (Fsp3) is 0.500. The Morgan fingerprint density at radius 3 is 2.89 bits per heavy atom. The number of hydrogen-bond acceptors (Lipinski definition) is 3. The third kappa shape index (κ3) is 5.52. The maximum Gasteiger partial charge on any atom is 0.142 e. The monoisotopic (exact) mass is 268 g/mol. The molecule has 0 fully saturated rings. The van der Waals surface area contributed by atoms with Crippen molar-refractivity contribution < 1.29 is 4.74 Å². The van der Waals surface area contributed by atoms with Gasteiger partial charge in [-0.2, -0.15) is 0 Å². The van der Waals surface area contributed by atoms with E-state index in [1.165, 1.54) is 5.54 Å². The molecule has 0 bridgehead atoms. The molecule has 1 heterocycles. The molecule has 100 valence electrons. The number of nitrogens with one attached hydrogen (secondary N) is 1.